The van der Waals surface area contributed by atoms with Crippen molar-refractivity contribution in [1.29, 1.82) is 0 Å². The van der Waals surface area contributed by atoms with Crippen molar-refractivity contribution in [2.45, 2.75) is 77.5 Å². The number of azide groups is 1. The van der Waals surface area contributed by atoms with Crippen LogP contribution in [0.4, 0.5) is 5.95 Å². The number of esters is 1. The summed E-state index contributed by atoms with van der Waals surface area (Å²) >= 11 is 0. The van der Waals surface area contributed by atoms with Gasteiger partial charge in [-0.25, -0.2) is 19.4 Å². The van der Waals surface area contributed by atoms with Crippen LogP contribution in [0.15, 0.2) is 25.1 Å². The third-order valence-corrected chi connectivity index (χ3v) is 8.34. The zero-order valence-corrected chi connectivity index (χ0v) is 26.9. The number of ether oxygens (including phenoxy) is 3. The van der Waals surface area contributed by atoms with Gasteiger partial charge in [0.25, 0.3) is 0 Å². The van der Waals surface area contributed by atoms with Gasteiger partial charge in [0.1, 0.15) is 24.9 Å². The van der Waals surface area contributed by atoms with Crippen LogP contribution in [-0.2, 0) is 39.9 Å². The van der Waals surface area contributed by atoms with Crippen LogP contribution in [0.1, 0.15) is 59.3 Å². The molecule has 4 N–H and O–H groups in total. The third-order valence-electron chi connectivity index (χ3n) is 6.77. The van der Waals surface area contributed by atoms with Gasteiger partial charge in [0, 0.05) is 23.8 Å². The lowest BCUT2D eigenvalue weighted by atomic mass is 9.92. The van der Waals surface area contributed by atoms with Crippen molar-refractivity contribution in [2.75, 3.05) is 32.1 Å². The Morgan fingerprint density at radius 2 is 2.07 bits per heavy atom. The van der Waals surface area contributed by atoms with Crippen LogP contribution in [0.2, 0.25) is 0 Å². The van der Waals surface area contributed by atoms with E-state index < -0.39 is 62.1 Å². The number of fused-ring (bicyclic) bond motifs is 1. The van der Waals surface area contributed by atoms with Gasteiger partial charge in [-0.3, -0.25) is 18.4 Å². The van der Waals surface area contributed by atoms with E-state index >= 15 is 0 Å². The molecule has 21 heteroatoms. The highest BCUT2D eigenvalue weighted by Crippen LogP contribution is 2.48. The van der Waals surface area contributed by atoms with Crippen molar-refractivity contribution in [2.24, 2.45) is 5.11 Å². The van der Waals surface area contributed by atoms with Crippen LogP contribution in [-0.4, -0.2) is 74.7 Å². The highest BCUT2D eigenvalue weighted by Gasteiger charge is 2.55. The number of aliphatic hydroxyl groups excluding tert-OH is 1. The molecule has 1 fully saturated rings. The molecule has 1 saturated heterocycles. The molecule has 0 bridgehead atoms. The van der Waals surface area contributed by atoms with Crippen LogP contribution < -0.4 is 21.4 Å². The van der Waals surface area contributed by atoms with Crippen molar-refractivity contribution >= 4 is 30.8 Å². The lowest BCUT2D eigenvalue weighted by molar-refractivity contribution is -0.140. The Hall–Kier alpha value is -4.03. The number of nitrogen functional groups attached to an aromatic ring is 1. The molecule has 5 atom stereocenters. The number of imidazole rings is 1. The molecule has 252 valence electrons. The van der Waals surface area contributed by atoms with Crippen LogP contribution in [0, 0.1) is 0 Å². The van der Waals surface area contributed by atoms with E-state index in [4.69, 9.17) is 37.8 Å². The zero-order valence-electron chi connectivity index (χ0n) is 26.0. The van der Waals surface area contributed by atoms with Crippen molar-refractivity contribution in [3.8, 4) is 5.88 Å². The first-order valence-electron chi connectivity index (χ1n) is 14.1. The molecule has 0 spiro atoms. The number of rotatable bonds is 14. The van der Waals surface area contributed by atoms with E-state index in [9.17, 15) is 24.8 Å². The number of aromatic nitrogens is 4. The number of hydrogen-bond donors (Lipinski definition) is 3. The summed E-state index contributed by atoms with van der Waals surface area (Å²) in [4.78, 5) is 38.5. The second-order valence-electron chi connectivity index (χ2n) is 11.3. The molecule has 0 saturated carbocycles. The topological polar surface area (TPSA) is 274 Å². The summed E-state index contributed by atoms with van der Waals surface area (Å²) in [5.74, 6) is -1.38. The number of nitrogens with two attached hydrogens (primary N) is 1. The molecule has 4 rings (SSSR count). The summed E-state index contributed by atoms with van der Waals surface area (Å²) in [6, 6.07) is 0. The smallest absolute Gasteiger partial charge is 0.476 e. The molecular formula is C25H36N9O11P. The molecule has 3 aromatic heterocycles. The van der Waals surface area contributed by atoms with Gasteiger partial charge in [0.15, 0.2) is 28.9 Å². The number of anilines is 1. The van der Waals surface area contributed by atoms with Crippen LogP contribution in [0.3, 0.4) is 0 Å². The Morgan fingerprint density at radius 3 is 2.72 bits per heavy atom. The Bertz CT molecular complexity index is 1710. The molecule has 46 heavy (non-hydrogen) atoms. The molecule has 0 radical (unpaired) electrons. The average Bonchev–Trinajstić information content (AvgIpc) is 3.63. The largest absolute Gasteiger partial charge is 0.519 e. The molecule has 4 heterocycles. The van der Waals surface area contributed by atoms with E-state index in [1.807, 2.05) is 0 Å². The zero-order chi connectivity index (χ0) is 33.9. The maximum Gasteiger partial charge on any atom is 0.519 e. The Labute approximate surface area is 261 Å². The standard InChI is InChI=1S/C25H36N9O11P/c1-7-39-20-16-19(30-22(26)31-20)34(12-28-16)21-25(6,32-33-27)17(36)14(43-21)10-41-46(38,29-8-9-40-13(2)35)42-11-15-18(24(3,4)5)45-23(37)44-15/h12,14,17,21,36H,7-11H2,1-6H3,(H,29,38)(H2,26,30,31)/t14-,17-,21-,25-,46?/m1/s1. The molecule has 20 nitrogen and oxygen atoms in total. The number of nitrogens with one attached hydrogen (secondary N) is 1. The van der Waals surface area contributed by atoms with Crippen molar-refractivity contribution in [3.63, 3.8) is 0 Å². The summed E-state index contributed by atoms with van der Waals surface area (Å²) in [7, 11) is -4.30. The van der Waals surface area contributed by atoms with Gasteiger partial charge in [-0.1, -0.05) is 25.9 Å². The van der Waals surface area contributed by atoms with Crippen molar-refractivity contribution in [3.05, 3.63) is 38.9 Å². The third kappa shape index (κ3) is 7.50. The SMILES string of the molecule is CCOc1nc(N)nc2c1ncn2[C@@H]1O[C@H](COP(=O)(NCCOC(C)=O)OCc2oc(=O)oc2C(C)(C)C)[C@@H](O)[C@@]1(C)N=[N+]=[N-]. The minimum atomic E-state index is -4.30. The van der Waals surface area contributed by atoms with E-state index in [1.54, 1.807) is 27.7 Å². The monoisotopic (exact) mass is 669 g/mol. The number of carbonyl (C=O) groups is 1. The number of hydrogen-bond acceptors (Lipinski definition) is 16. The van der Waals surface area contributed by atoms with Gasteiger partial charge in [-0.05, 0) is 19.4 Å². The fourth-order valence-corrected chi connectivity index (χ4v) is 5.95. The quantitative estimate of drug-likeness (QED) is 0.0555. The van der Waals surface area contributed by atoms with E-state index in [0.29, 0.717) is 0 Å². The first kappa shape index (κ1) is 34.8. The normalized spacial score (nSPS) is 22.8. The number of carbonyl (C=O) groups excluding carboxylic acids is 1. The molecule has 3 aromatic rings. The molecule has 0 aliphatic carbocycles. The highest BCUT2D eigenvalue weighted by molar-refractivity contribution is 7.51. The highest BCUT2D eigenvalue weighted by atomic mass is 31.2. The van der Waals surface area contributed by atoms with Crippen molar-refractivity contribution < 1.29 is 46.6 Å². The van der Waals surface area contributed by atoms with Gasteiger partial charge in [0.2, 0.25) is 11.8 Å². The number of aliphatic hydroxyl groups is 1. The molecular weight excluding hydrogens is 633 g/mol. The summed E-state index contributed by atoms with van der Waals surface area (Å²) in [5.41, 5.74) is 13.4. The predicted molar refractivity (Wildman–Crippen MR) is 157 cm³/mol. The van der Waals surface area contributed by atoms with Gasteiger partial charge in [0.05, 0.1) is 25.6 Å². The maximum absolute atomic E-state index is 13.8. The fraction of sp³-hybridized carbons (Fsp3) is 0.640. The summed E-state index contributed by atoms with van der Waals surface area (Å²) in [6.07, 6.45) is -2.62. The number of nitrogens with zero attached hydrogens (tertiary/aromatic N) is 7. The molecule has 0 amide bonds. The van der Waals surface area contributed by atoms with E-state index in [2.05, 4.69) is 30.1 Å². The van der Waals surface area contributed by atoms with Gasteiger partial charge in [-0.15, -0.1) is 0 Å². The fourth-order valence-electron chi connectivity index (χ4n) is 4.69. The van der Waals surface area contributed by atoms with Gasteiger partial charge in [-0.2, -0.15) is 9.97 Å². The van der Waals surface area contributed by atoms with Crippen LogP contribution in [0.25, 0.3) is 21.6 Å². The van der Waals surface area contributed by atoms with Gasteiger partial charge < -0.3 is 33.9 Å². The average molecular weight is 670 g/mol. The van der Waals surface area contributed by atoms with E-state index in [1.165, 1.54) is 24.7 Å². The second-order valence-corrected chi connectivity index (χ2v) is 13.1. The first-order chi connectivity index (χ1) is 21.6. The molecule has 1 aliphatic rings. The van der Waals surface area contributed by atoms with E-state index in [-0.39, 0.29) is 54.3 Å². The summed E-state index contributed by atoms with van der Waals surface area (Å²) in [5, 5.41) is 17.7. The molecule has 1 unspecified atom stereocenters. The first-order valence-corrected chi connectivity index (χ1v) is 15.6. The Balaban J connectivity index is 1.59. The Morgan fingerprint density at radius 1 is 1.33 bits per heavy atom. The van der Waals surface area contributed by atoms with Crippen molar-refractivity contribution in [1.82, 2.24) is 24.6 Å². The minimum absolute atomic E-state index is 0.0177. The lowest BCUT2D eigenvalue weighted by Gasteiger charge is -2.28. The minimum Gasteiger partial charge on any atom is -0.476 e. The predicted octanol–water partition coefficient (Wildman–Crippen LogP) is 2.47. The van der Waals surface area contributed by atoms with Gasteiger partial charge >= 0.3 is 19.5 Å². The van der Waals surface area contributed by atoms with Crippen LogP contribution in [0.5, 0.6) is 5.88 Å². The Kier molecular flexibility index (Phi) is 10.4. The van der Waals surface area contributed by atoms with E-state index in [0.717, 1.165) is 0 Å². The lowest BCUT2D eigenvalue weighted by Crippen LogP contribution is -2.42. The summed E-state index contributed by atoms with van der Waals surface area (Å²) < 4.78 is 53.2. The van der Waals surface area contributed by atoms with Crippen LogP contribution >= 0.6 is 7.75 Å². The maximum atomic E-state index is 13.8. The molecule has 1 aliphatic heterocycles. The molecule has 0 aromatic carbocycles. The second kappa shape index (κ2) is 13.8. The summed E-state index contributed by atoms with van der Waals surface area (Å²) in [6.45, 7) is 8.60.